The van der Waals surface area contributed by atoms with Gasteiger partial charge in [0.1, 0.15) is 30.7 Å². The fourth-order valence-corrected chi connectivity index (χ4v) is 11.0. The van der Waals surface area contributed by atoms with Gasteiger partial charge in [-0.15, -0.1) is 0 Å². The summed E-state index contributed by atoms with van der Waals surface area (Å²) < 4.78 is 22.0. The number of para-hydroxylation sites is 2. The van der Waals surface area contributed by atoms with Gasteiger partial charge in [0, 0.05) is 123 Å². The van der Waals surface area contributed by atoms with Crippen LogP contribution in [0.5, 0.6) is 0 Å². The predicted molar refractivity (Wildman–Crippen MR) is 307 cm³/mol. The number of carbonyl (C=O) groups is 1. The Bertz CT molecular complexity index is 3220. The van der Waals surface area contributed by atoms with Crippen LogP contribution in [-0.4, -0.2) is 125 Å². The molecule has 396 valence electrons. The summed E-state index contributed by atoms with van der Waals surface area (Å²) >= 11 is 0. The van der Waals surface area contributed by atoms with E-state index >= 15 is 0 Å². The van der Waals surface area contributed by atoms with Gasteiger partial charge in [-0.2, -0.15) is 19.2 Å². The Kier molecular flexibility index (Phi) is 16.3. The third kappa shape index (κ3) is 13.6. The van der Waals surface area contributed by atoms with Gasteiger partial charge in [-0.3, -0.25) is 9.97 Å². The van der Waals surface area contributed by atoms with Crippen LogP contribution >= 0.6 is 0 Å². The van der Waals surface area contributed by atoms with Crippen LogP contribution in [-0.2, 0) is 14.2 Å². The van der Waals surface area contributed by atoms with Crippen LogP contribution in [0.15, 0.2) is 97.6 Å². The van der Waals surface area contributed by atoms with E-state index in [1.807, 2.05) is 97.4 Å². The minimum atomic E-state index is -1.26. The summed E-state index contributed by atoms with van der Waals surface area (Å²) in [5.74, 6) is 2.13. The third-order valence-corrected chi connectivity index (χ3v) is 17.3. The van der Waals surface area contributed by atoms with Gasteiger partial charge in [-0.1, -0.05) is 75.7 Å². The number of aromatic nitrogens is 8. The van der Waals surface area contributed by atoms with Crippen LogP contribution in [0.4, 0.5) is 16.4 Å². The van der Waals surface area contributed by atoms with Crippen molar-refractivity contribution in [1.82, 2.24) is 49.4 Å². The average Bonchev–Trinajstić information content (AvgIpc) is 4.03. The monoisotopic (exact) mass is 1050 g/mol. The van der Waals surface area contributed by atoms with E-state index < -0.39 is 21.7 Å². The van der Waals surface area contributed by atoms with Gasteiger partial charge in [0.25, 0.3) is 0 Å². The number of hydrogen-bond acceptors (Lipinski definition) is 13. The molecule has 8 heterocycles. The van der Waals surface area contributed by atoms with Crippen molar-refractivity contribution in [2.75, 3.05) is 63.5 Å². The number of carbonyl (C=O) groups excluding carboxylic acids is 1. The second-order valence-corrected chi connectivity index (χ2v) is 34.8. The summed E-state index contributed by atoms with van der Waals surface area (Å²) in [7, 11) is -2.52. The molecule has 2 aliphatic heterocycles. The fourth-order valence-electron chi connectivity index (χ4n) is 9.54. The largest absolute Gasteiger partial charge is 0.444 e. The van der Waals surface area contributed by atoms with Crippen molar-refractivity contribution in [2.45, 2.75) is 115 Å². The number of nitrogens with zero attached hydrogens (tertiary/aromatic N) is 10. The smallest absolute Gasteiger partial charge is 0.410 e. The first-order valence-electron chi connectivity index (χ1n) is 26.7. The summed E-state index contributed by atoms with van der Waals surface area (Å²) in [4.78, 5) is 36.4. The topological polar surface area (TPSA) is 175 Å². The summed E-state index contributed by atoms with van der Waals surface area (Å²) in [6.45, 7) is 25.4. The van der Waals surface area contributed by atoms with Gasteiger partial charge in [-0.05, 0) is 95.9 Å². The van der Waals surface area contributed by atoms with Crippen molar-refractivity contribution in [1.29, 1.82) is 0 Å². The number of likely N-dealkylation sites (tertiary alicyclic amines) is 1. The molecule has 6 aromatic heterocycles. The van der Waals surface area contributed by atoms with Gasteiger partial charge in [0.2, 0.25) is 0 Å². The fraction of sp³-hybridized carbons (Fsp3) is 0.456. The molecule has 0 aliphatic carbocycles. The van der Waals surface area contributed by atoms with Crippen molar-refractivity contribution < 1.29 is 19.0 Å². The number of piperidine rings is 2. The minimum absolute atomic E-state index is 0.169. The molecule has 0 atom stereocenters. The summed E-state index contributed by atoms with van der Waals surface area (Å²) in [6, 6.07) is 26.8. The van der Waals surface area contributed by atoms with Gasteiger partial charge in [0.15, 0.2) is 11.3 Å². The van der Waals surface area contributed by atoms with Crippen LogP contribution in [0.25, 0.3) is 55.4 Å². The van der Waals surface area contributed by atoms with E-state index in [4.69, 9.17) is 40.0 Å². The normalized spacial score (nSPS) is 15.2. The number of nitrogen functional groups attached to an aromatic ring is 1. The van der Waals surface area contributed by atoms with Crippen LogP contribution in [0.1, 0.15) is 69.7 Å². The first kappa shape index (κ1) is 53.5. The van der Waals surface area contributed by atoms with E-state index in [2.05, 4.69) is 89.9 Å². The highest BCUT2D eigenvalue weighted by atomic mass is 28.3. The van der Waals surface area contributed by atoms with E-state index in [-0.39, 0.29) is 12.0 Å². The molecule has 8 aromatic rings. The molecule has 75 heavy (non-hydrogen) atoms. The van der Waals surface area contributed by atoms with Gasteiger partial charge in [-0.25, -0.2) is 14.8 Å². The number of rotatable bonds is 15. The first-order chi connectivity index (χ1) is 35.9. The lowest BCUT2D eigenvalue weighted by Gasteiger charge is -2.33. The Balaban J connectivity index is 0.000000220. The van der Waals surface area contributed by atoms with Crippen LogP contribution in [0.2, 0.25) is 51.4 Å². The van der Waals surface area contributed by atoms with Crippen LogP contribution in [0, 0.1) is 0 Å². The van der Waals surface area contributed by atoms with Crippen molar-refractivity contribution >= 4 is 67.0 Å². The van der Waals surface area contributed by atoms with E-state index in [0.29, 0.717) is 51.5 Å². The predicted octanol–water partition coefficient (Wildman–Crippen LogP) is 11.5. The van der Waals surface area contributed by atoms with Crippen molar-refractivity contribution in [2.24, 2.45) is 0 Å². The van der Waals surface area contributed by atoms with Crippen molar-refractivity contribution in [3.8, 4) is 22.3 Å². The lowest BCUT2D eigenvalue weighted by molar-refractivity contribution is 0.0204. The molecule has 2 aromatic carbocycles. The molecule has 1 amide bonds. The maximum atomic E-state index is 12.9. The number of hydrogen-bond donors (Lipinski definition) is 2. The molecule has 2 aliphatic rings. The molecular weight excluding hydrogens is 973 g/mol. The molecule has 18 heteroatoms. The van der Waals surface area contributed by atoms with Gasteiger partial charge in [0.05, 0.1) is 23.4 Å². The maximum Gasteiger partial charge on any atom is 0.410 e. The molecule has 0 unspecified atom stereocenters. The molecule has 10 rings (SSSR count). The minimum Gasteiger partial charge on any atom is -0.444 e. The molecule has 2 fully saturated rings. The SMILES string of the molecule is CC(C)(C)OC(=O)N1CCC(c2cc(N(COCC[Si](C)(C)C)COCC[Si](C)(C)C)n3ncc(-c4cnc5ccccc5c4)c3n2)CC1.Nc1cc(C2CCNCC2)nc2c(-c3cnc4ccccc4c3)cnn12. The molecule has 0 saturated carbocycles. The lowest BCUT2D eigenvalue weighted by Crippen LogP contribution is -2.41. The number of amides is 1. The summed E-state index contributed by atoms with van der Waals surface area (Å²) in [5.41, 5.74) is 15.2. The molecule has 0 bridgehead atoms. The standard InChI is InChI=1S/C37H56N6O4Si2.C20H20N6/c1-37(2,3)47-36(44)41-16-14-28(15-17-41)33-23-34(42(26-45-18-20-48(4,5)6)27-46-19-21-49(7,8)9)43-35(40-33)31(25-39-43)30-22-29-12-10-11-13-32(29)38-24-30;21-19-10-18(13-5-7-22-8-6-13)25-20-16(12-24-26(19)20)15-9-14-3-1-2-4-17(14)23-11-15/h10-13,22-25,28H,14-21,26-27H2,1-9H3;1-4,9-13,22H,5-8,21H2. The molecule has 0 spiro atoms. The highest BCUT2D eigenvalue weighted by Gasteiger charge is 2.30. The number of nitrogens with one attached hydrogen (secondary N) is 1. The molecule has 2 saturated heterocycles. The van der Waals surface area contributed by atoms with Crippen LogP contribution < -0.4 is 16.0 Å². The Morgan fingerprint density at radius 2 is 1.17 bits per heavy atom. The number of nitrogens with two attached hydrogens (primary N) is 1. The number of anilines is 2. The average molecular weight is 1050 g/mol. The highest BCUT2D eigenvalue weighted by molar-refractivity contribution is 6.76. The van der Waals surface area contributed by atoms with E-state index in [1.165, 1.54) is 0 Å². The Morgan fingerprint density at radius 3 is 1.71 bits per heavy atom. The zero-order chi connectivity index (χ0) is 52.9. The zero-order valence-corrected chi connectivity index (χ0v) is 47.5. The van der Waals surface area contributed by atoms with Gasteiger partial charge < -0.3 is 35.1 Å². The zero-order valence-electron chi connectivity index (χ0n) is 45.5. The van der Waals surface area contributed by atoms with Crippen LogP contribution in [0.3, 0.4) is 0 Å². The number of pyridine rings is 2. The molecule has 16 nitrogen and oxygen atoms in total. The lowest BCUT2D eigenvalue weighted by atomic mass is 9.93. The Hall–Kier alpha value is -6.32. The molecule has 3 N–H and O–H groups in total. The number of ether oxygens (including phenoxy) is 3. The Morgan fingerprint density at radius 1 is 0.680 bits per heavy atom. The molecular formula is C57H76N12O4Si2. The second kappa shape index (κ2) is 22.9. The van der Waals surface area contributed by atoms with E-state index in [0.717, 1.165) is 123 Å². The summed E-state index contributed by atoms with van der Waals surface area (Å²) in [6.07, 6.45) is 11.0. The molecule has 0 radical (unpaired) electrons. The first-order valence-corrected chi connectivity index (χ1v) is 34.1. The van der Waals surface area contributed by atoms with E-state index in [1.54, 1.807) is 4.52 Å². The van der Waals surface area contributed by atoms with Crippen molar-refractivity contribution in [3.05, 3.63) is 109 Å². The van der Waals surface area contributed by atoms with Crippen molar-refractivity contribution in [3.63, 3.8) is 0 Å². The Labute approximate surface area is 443 Å². The summed E-state index contributed by atoms with van der Waals surface area (Å²) in [5, 5.41) is 14.9. The highest BCUT2D eigenvalue weighted by Crippen LogP contribution is 2.35. The number of benzene rings is 2. The quantitative estimate of drug-likeness (QED) is 0.0564. The maximum absolute atomic E-state index is 12.9. The second-order valence-electron chi connectivity index (χ2n) is 23.6. The van der Waals surface area contributed by atoms with Gasteiger partial charge >= 0.3 is 6.09 Å². The third-order valence-electron chi connectivity index (χ3n) is 13.9. The van der Waals surface area contributed by atoms with E-state index in [9.17, 15) is 4.79 Å². The number of fused-ring (bicyclic) bond motifs is 4.